The molecule has 6 heteroatoms. The first-order valence-electron chi connectivity index (χ1n) is 6.96. The molecule has 0 bridgehead atoms. The predicted molar refractivity (Wildman–Crippen MR) is 70.4 cm³/mol. The van der Waals surface area contributed by atoms with Crippen molar-refractivity contribution in [2.75, 3.05) is 6.54 Å². The predicted octanol–water partition coefficient (Wildman–Crippen LogP) is 0.873. The molecule has 2 fully saturated rings. The van der Waals surface area contributed by atoms with Crippen molar-refractivity contribution < 1.29 is 19.8 Å². The molecule has 1 saturated heterocycles. The molecular formula is C14H18N2O4. The van der Waals surface area contributed by atoms with Crippen LogP contribution in [0, 0.1) is 0 Å². The molecule has 1 aromatic heterocycles. The van der Waals surface area contributed by atoms with E-state index < -0.39 is 18.1 Å². The maximum atomic E-state index is 12.6. The smallest absolute Gasteiger partial charge is 0.326 e. The first-order valence-corrected chi connectivity index (χ1v) is 6.96. The number of hydrogen-bond acceptors (Lipinski definition) is 3. The largest absolute Gasteiger partial charge is 0.480 e. The number of rotatable bonds is 3. The maximum absolute atomic E-state index is 12.6. The zero-order valence-corrected chi connectivity index (χ0v) is 11.1. The van der Waals surface area contributed by atoms with Gasteiger partial charge in [0, 0.05) is 25.2 Å². The minimum atomic E-state index is -1.06. The summed E-state index contributed by atoms with van der Waals surface area (Å²) >= 11 is 0. The number of hydrogen-bond donors (Lipinski definition) is 2. The second-order valence-corrected chi connectivity index (χ2v) is 5.59. The van der Waals surface area contributed by atoms with Gasteiger partial charge in [0.25, 0.3) is 5.91 Å². The van der Waals surface area contributed by atoms with Crippen LogP contribution in [-0.4, -0.2) is 50.2 Å². The van der Waals surface area contributed by atoms with Gasteiger partial charge < -0.3 is 19.7 Å². The summed E-state index contributed by atoms with van der Waals surface area (Å²) in [6, 6.07) is 2.96. The summed E-state index contributed by atoms with van der Waals surface area (Å²) in [7, 11) is 0. The van der Waals surface area contributed by atoms with Crippen LogP contribution in [0.4, 0.5) is 0 Å². The van der Waals surface area contributed by atoms with Crippen molar-refractivity contribution in [2.45, 2.75) is 43.9 Å². The monoisotopic (exact) mass is 278 g/mol. The summed E-state index contributed by atoms with van der Waals surface area (Å²) < 4.78 is 1.94. The van der Waals surface area contributed by atoms with E-state index in [4.69, 9.17) is 0 Å². The highest BCUT2D eigenvalue weighted by Gasteiger charge is 2.40. The number of likely N-dealkylation sites (tertiary alicyclic amines) is 1. The van der Waals surface area contributed by atoms with Crippen molar-refractivity contribution >= 4 is 11.9 Å². The number of aromatic nitrogens is 1. The van der Waals surface area contributed by atoms with Crippen LogP contribution in [0.5, 0.6) is 0 Å². The van der Waals surface area contributed by atoms with Gasteiger partial charge in [-0.3, -0.25) is 4.79 Å². The molecule has 2 heterocycles. The zero-order valence-electron chi connectivity index (χ0n) is 11.1. The molecule has 1 aliphatic heterocycles. The summed E-state index contributed by atoms with van der Waals surface area (Å²) in [5.74, 6) is -1.36. The Morgan fingerprint density at radius 3 is 2.65 bits per heavy atom. The van der Waals surface area contributed by atoms with E-state index in [9.17, 15) is 19.8 Å². The number of β-amino-alcohol motifs (C(OH)–C–C–N with tert-alkyl or cyclic N) is 1. The van der Waals surface area contributed by atoms with E-state index >= 15 is 0 Å². The number of amides is 1. The quantitative estimate of drug-likeness (QED) is 0.859. The Kier molecular flexibility index (Phi) is 3.25. The van der Waals surface area contributed by atoms with Gasteiger partial charge in [0.1, 0.15) is 11.7 Å². The van der Waals surface area contributed by atoms with Crippen LogP contribution in [0.25, 0.3) is 0 Å². The zero-order chi connectivity index (χ0) is 14.3. The van der Waals surface area contributed by atoms with E-state index in [1.54, 1.807) is 6.07 Å². The van der Waals surface area contributed by atoms with E-state index in [0.717, 1.165) is 19.3 Å². The number of carbonyl (C=O) groups excluding carboxylic acids is 1. The number of aliphatic hydroxyl groups excluding tert-OH is 1. The highest BCUT2D eigenvalue weighted by Crippen LogP contribution is 2.33. The van der Waals surface area contributed by atoms with Crippen LogP contribution < -0.4 is 0 Å². The Balaban J connectivity index is 1.85. The van der Waals surface area contributed by atoms with Crippen LogP contribution in [0.1, 0.15) is 42.2 Å². The van der Waals surface area contributed by atoms with Crippen molar-refractivity contribution in [1.82, 2.24) is 9.47 Å². The SMILES string of the molecule is O=C(O)[C@@H]1CC(O)CN1C(=O)c1cccn1C1CCC1. The molecule has 20 heavy (non-hydrogen) atoms. The molecule has 0 aromatic carbocycles. The molecule has 3 rings (SSSR count). The van der Waals surface area contributed by atoms with Gasteiger partial charge in [-0.15, -0.1) is 0 Å². The van der Waals surface area contributed by atoms with Crippen molar-refractivity contribution in [3.63, 3.8) is 0 Å². The van der Waals surface area contributed by atoms with Crippen LogP contribution in [0.2, 0.25) is 0 Å². The number of carboxylic acid groups (broad SMARTS) is 1. The van der Waals surface area contributed by atoms with E-state index in [2.05, 4.69) is 0 Å². The van der Waals surface area contributed by atoms with Gasteiger partial charge in [-0.25, -0.2) is 4.79 Å². The maximum Gasteiger partial charge on any atom is 0.326 e. The Morgan fingerprint density at radius 2 is 2.05 bits per heavy atom. The molecule has 2 atom stereocenters. The van der Waals surface area contributed by atoms with Crippen molar-refractivity contribution in [1.29, 1.82) is 0 Å². The van der Waals surface area contributed by atoms with Gasteiger partial charge in [-0.1, -0.05) is 0 Å². The average molecular weight is 278 g/mol. The molecule has 2 N–H and O–H groups in total. The van der Waals surface area contributed by atoms with Gasteiger partial charge in [0.15, 0.2) is 0 Å². The molecule has 1 aromatic rings. The van der Waals surface area contributed by atoms with Gasteiger partial charge in [0.05, 0.1) is 6.10 Å². The standard InChI is InChI=1S/C14H18N2O4/c17-10-7-12(14(19)20)16(8-10)13(18)11-5-2-6-15(11)9-3-1-4-9/h2,5-6,9-10,12,17H,1,3-4,7-8H2,(H,19,20)/t10?,12-/m0/s1. The fourth-order valence-electron chi connectivity index (χ4n) is 2.98. The van der Waals surface area contributed by atoms with Gasteiger partial charge in [0.2, 0.25) is 0 Å². The third-order valence-electron chi connectivity index (χ3n) is 4.29. The minimum Gasteiger partial charge on any atom is -0.480 e. The first kappa shape index (κ1) is 13.2. The Hall–Kier alpha value is -1.82. The summed E-state index contributed by atoms with van der Waals surface area (Å²) in [5.41, 5.74) is 0.523. The number of aliphatic hydroxyl groups is 1. The van der Waals surface area contributed by atoms with Gasteiger partial charge in [-0.05, 0) is 31.4 Å². The lowest BCUT2D eigenvalue weighted by atomic mass is 9.93. The highest BCUT2D eigenvalue weighted by molar-refractivity contribution is 5.96. The van der Waals surface area contributed by atoms with Gasteiger partial charge in [-0.2, -0.15) is 0 Å². The fourth-order valence-corrected chi connectivity index (χ4v) is 2.98. The number of carbonyl (C=O) groups is 2. The molecular weight excluding hydrogens is 260 g/mol. The molecule has 1 aliphatic carbocycles. The Morgan fingerprint density at radius 1 is 1.30 bits per heavy atom. The van der Waals surface area contributed by atoms with Crippen LogP contribution in [0.3, 0.4) is 0 Å². The lowest BCUT2D eigenvalue weighted by molar-refractivity contribution is -0.141. The molecule has 0 radical (unpaired) electrons. The minimum absolute atomic E-state index is 0.0889. The summed E-state index contributed by atoms with van der Waals surface area (Å²) in [6.45, 7) is 0.0889. The molecule has 1 amide bonds. The summed E-state index contributed by atoms with van der Waals surface area (Å²) in [4.78, 5) is 25.0. The van der Waals surface area contributed by atoms with Crippen molar-refractivity contribution in [3.8, 4) is 0 Å². The molecule has 2 aliphatic rings. The summed E-state index contributed by atoms with van der Waals surface area (Å²) in [6.07, 6.45) is 4.49. The van der Waals surface area contributed by atoms with E-state index in [0.29, 0.717) is 11.7 Å². The number of aliphatic carboxylic acids is 1. The molecule has 6 nitrogen and oxygen atoms in total. The molecule has 108 valence electrons. The van der Waals surface area contributed by atoms with Crippen LogP contribution in [-0.2, 0) is 4.79 Å². The fraction of sp³-hybridized carbons (Fsp3) is 0.571. The van der Waals surface area contributed by atoms with Crippen LogP contribution in [0.15, 0.2) is 18.3 Å². The second kappa shape index (κ2) is 4.94. The number of carboxylic acids is 1. The third-order valence-corrected chi connectivity index (χ3v) is 4.29. The molecule has 1 unspecified atom stereocenters. The molecule has 0 spiro atoms. The molecule has 1 saturated carbocycles. The van der Waals surface area contributed by atoms with E-state index in [-0.39, 0.29) is 18.9 Å². The average Bonchev–Trinajstić information content (AvgIpc) is 2.93. The Labute approximate surface area is 116 Å². The van der Waals surface area contributed by atoms with E-state index in [1.807, 2.05) is 16.8 Å². The normalized spacial score (nSPS) is 26.6. The Bertz CT molecular complexity index is 535. The first-order chi connectivity index (χ1) is 9.58. The van der Waals surface area contributed by atoms with Crippen molar-refractivity contribution in [2.24, 2.45) is 0 Å². The topological polar surface area (TPSA) is 82.8 Å². The second-order valence-electron chi connectivity index (χ2n) is 5.59. The van der Waals surface area contributed by atoms with Crippen LogP contribution >= 0.6 is 0 Å². The summed E-state index contributed by atoms with van der Waals surface area (Å²) in [5, 5.41) is 18.8. The van der Waals surface area contributed by atoms with Gasteiger partial charge >= 0.3 is 5.97 Å². The number of nitrogens with zero attached hydrogens (tertiary/aromatic N) is 2. The lowest BCUT2D eigenvalue weighted by Gasteiger charge is -2.30. The highest BCUT2D eigenvalue weighted by atomic mass is 16.4. The van der Waals surface area contributed by atoms with Crippen molar-refractivity contribution in [3.05, 3.63) is 24.0 Å². The lowest BCUT2D eigenvalue weighted by Crippen LogP contribution is -2.41. The third kappa shape index (κ3) is 2.10. The van der Waals surface area contributed by atoms with E-state index in [1.165, 1.54) is 4.90 Å².